The van der Waals surface area contributed by atoms with Crippen LogP contribution in [0.1, 0.15) is 29.8 Å². The van der Waals surface area contributed by atoms with Crippen LogP contribution in [0.3, 0.4) is 0 Å². The van der Waals surface area contributed by atoms with E-state index in [1.165, 1.54) is 6.07 Å². The number of amides is 1. The minimum Gasteiger partial charge on any atom is -0.355 e. The summed E-state index contributed by atoms with van der Waals surface area (Å²) >= 11 is 0. The van der Waals surface area contributed by atoms with Crippen molar-refractivity contribution in [2.75, 3.05) is 23.3 Å². The molecule has 4 aromatic rings. The van der Waals surface area contributed by atoms with Gasteiger partial charge < -0.3 is 10.2 Å². The van der Waals surface area contributed by atoms with E-state index in [9.17, 15) is 18.0 Å². The van der Waals surface area contributed by atoms with Gasteiger partial charge >= 0.3 is 6.18 Å². The van der Waals surface area contributed by atoms with Gasteiger partial charge in [-0.2, -0.15) is 17.7 Å². The molecule has 10 heteroatoms. The van der Waals surface area contributed by atoms with Gasteiger partial charge in [-0.05, 0) is 55.3 Å². The van der Waals surface area contributed by atoms with Crippen molar-refractivity contribution >= 4 is 23.1 Å². The average molecular weight is 490 g/mol. The van der Waals surface area contributed by atoms with Crippen LogP contribution < -0.4 is 10.2 Å². The van der Waals surface area contributed by atoms with E-state index in [4.69, 9.17) is 0 Å². The van der Waals surface area contributed by atoms with E-state index < -0.39 is 12.0 Å². The lowest BCUT2D eigenvalue weighted by Gasteiger charge is -2.32. The van der Waals surface area contributed by atoms with Crippen LogP contribution in [0.5, 0.6) is 0 Å². The number of rotatable bonds is 3. The van der Waals surface area contributed by atoms with E-state index in [1.807, 2.05) is 59.5 Å². The minimum absolute atomic E-state index is 0.0241. The molecule has 182 valence electrons. The molecule has 5 rings (SSSR count). The Labute approximate surface area is 205 Å². The molecule has 0 spiro atoms. The lowest BCUT2D eigenvalue weighted by atomic mass is 9.95. The van der Waals surface area contributed by atoms with Gasteiger partial charge in [-0.3, -0.25) is 4.79 Å². The lowest BCUT2D eigenvalue weighted by molar-refractivity contribution is -0.146. The van der Waals surface area contributed by atoms with Crippen LogP contribution in [0.25, 0.3) is 5.65 Å². The number of fused-ring (bicyclic) bond motifs is 1. The van der Waals surface area contributed by atoms with Crippen molar-refractivity contribution in [3.8, 4) is 11.8 Å². The topological polar surface area (TPSA) is 75.4 Å². The second-order valence-electron chi connectivity index (χ2n) is 8.43. The molecule has 1 fully saturated rings. The van der Waals surface area contributed by atoms with Crippen LogP contribution in [-0.2, 0) is 11.0 Å². The van der Waals surface area contributed by atoms with Gasteiger partial charge in [-0.25, -0.2) is 0 Å². The second kappa shape index (κ2) is 9.70. The number of hydrogen-bond acceptors (Lipinski definition) is 5. The zero-order chi connectivity index (χ0) is 25.1. The van der Waals surface area contributed by atoms with E-state index in [2.05, 4.69) is 32.5 Å². The smallest absolute Gasteiger partial charge is 0.355 e. The van der Waals surface area contributed by atoms with Crippen molar-refractivity contribution < 1.29 is 18.0 Å². The standard InChI is InChI=1S/C26H21F3N6O/c27-26(28,29)25-32-31-22-11-12-23(33-35(22)25)34-15-13-20(14-16-34)24(36)30-21-8-4-7-19(17-21)10-9-18-5-2-1-3-6-18/h1-8,11-12,17,20H,13-16H2,(H,30,36). The largest absolute Gasteiger partial charge is 0.453 e. The number of halogens is 3. The molecule has 1 aliphatic heterocycles. The monoisotopic (exact) mass is 490 g/mol. The molecule has 36 heavy (non-hydrogen) atoms. The van der Waals surface area contributed by atoms with Crippen molar-refractivity contribution in [2.24, 2.45) is 5.92 Å². The maximum atomic E-state index is 13.2. The molecule has 1 amide bonds. The molecule has 0 radical (unpaired) electrons. The van der Waals surface area contributed by atoms with Gasteiger partial charge in [0.1, 0.15) is 5.82 Å². The van der Waals surface area contributed by atoms with Crippen LogP contribution in [0, 0.1) is 17.8 Å². The maximum Gasteiger partial charge on any atom is 0.453 e. The number of benzene rings is 2. The minimum atomic E-state index is -4.65. The third kappa shape index (κ3) is 5.15. The van der Waals surface area contributed by atoms with Crippen LogP contribution in [-0.4, -0.2) is 38.8 Å². The highest BCUT2D eigenvalue weighted by Crippen LogP contribution is 2.29. The molecule has 3 heterocycles. The summed E-state index contributed by atoms with van der Waals surface area (Å²) in [6, 6.07) is 20.1. The Morgan fingerprint density at radius 2 is 1.64 bits per heavy atom. The van der Waals surface area contributed by atoms with Gasteiger partial charge in [-0.1, -0.05) is 36.1 Å². The Hall–Kier alpha value is -4.39. The van der Waals surface area contributed by atoms with Crippen molar-refractivity contribution in [3.05, 3.63) is 83.7 Å². The molecule has 0 saturated carbocycles. The van der Waals surface area contributed by atoms with E-state index in [0.29, 0.717) is 42.0 Å². The number of aromatic nitrogens is 4. The predicted octanol–water partition coefficient (Wildman–Crippen LogP) is 4.40. The number of carbonyl (C=O) groups excluding carboxylic acids is 1. The summed E-state index contributed by atoms with van der Waals surface area (Å²) in [5, 5.41) is 13.8. The summed E-state index contributed by atoms with van der Waals surface area (Å²) in [5.74, 6) is 5.12. The summed E-state index contributed by atoms with van der Waals surface area (Å²) in [4.78, 5) is 14.7. The number of carbonyl (C=O) groups is 1. The molecular formula is C26H21F3N6O. The number of nitrogens with zero attached hydrogens (tertiary/aromatic N) is 5. The van der Waals surface area contributed by atoms with Gasteiger partial charge in [0.25, 0.3) is 5.82 Å². The first-order valence-corrected chi connectivity index (χ1v) is 11.4. The number of nitrogens with one attached hydrogen (secondary N) is 1. The molecule has 0 unspecified atom stereocenters. The quantitative estimate of drug-likeness (QED) is 0.431. The van der Waals surface area contributed by atoms with Gasteiger partial charge in [0.15, 0.2) is 5.65 Å². The van der Waals surface area contributed by atoms with E-state index in [1.54, 1.807) is 6.07 Å². The molecule has 1 aliphatic rings. The summed E-state index contributed by atoms with van der Waals surface area (Å²) in [7, 11) is 0. The Morgan fingerprint density at radius 3 is 2.39 bits per heavy atom. The van der Waals surface area contributed by atoms with E-state index in [0.717, 1.165) is 11.1 Å². The van der Waals surface area contributed by atoms with Gasteiger partial charge in [0.2, 0.25) is 5.91 Å². The Morgan fingerprint density at radius 1 is 0.917 bits per heavy atom. The first-order valence-electron chi connectivity index (χ1n) is 11.4. The first kappa shape index (κ1) is 23.4. The number of hydrogen-bond donors (Lipinski definition) is 1. The van der Waals surface area contributed by atoms with Gasteiger partial charge in [0, 0.05) is 35.8 Å². The fraction of sp³-hybridized carbons (Fsp3) is 0.231. The number of piperidine rings is 1. The molecule has 0 bridgehead atoms. The van der Waals surface area contributed by atoms with Crippen LogP contribution in [0.2, 0.25) is 0 Å². The summed E-state index contributed by atoms with van der Waals surface area (Å²) in [6.45, 7) is 0.978. The Bertz CT molecular complexity index is 1450. The van der Waals surface area contributed by atoms with E-state index >= 15 is 0 Å². The lowest BCUT2D eigenvalue weighted by Crippen LogP contribution is -2.38. The van der Waals surface area contributed by atoms with Gasteiger partial charge in [0.05, 0.1) is 0 Å². The molecule has 1 N–H and O–H groups in total. The summed E-state index contributed by atoms with van der Waals surface area (Å²) < 4.78 is 40.2. The van der Waals surface area contributed by atoms with Crippen molar-refractivity contribution in [1.29, 1.82) is 0 Å². The SMILES string of the molecule is O=C(Nc1cccc(C#Cc2ccccc2)c1)C1CCN(c2ccc3nnc(C(F)(F)F)n3n2)CC1. The molecule has 0 atom stereocenters. The fourth-order valence-electron chi connectivity index (χ4n) is 4.08. The Kier molecular flexibility index (Phi) is 6.29. The van der Waals surface area contributed by atoms with E-state index in [-0.39, 0.29) is 17.5 Å². The average Bonchev–Trinajstić information content (AvgIpc) is 3.32. The zero-order valence-corrected chi connectivity index (χ0v) is 19.0. The van der Waals surface area contributed by atoms with Crippen LogP contribution >= 0.6 is 0 Å². The highest BCUT2D eigenvalue weighted by atomic mass is 19.4. The molecule has 2 aromatic carbocycles. The second-order valence-corrected chi connectivity index (χ2v) is 8.43. The Balaban J connectivity index is 1.21. The number of alkyl halides is 3. The molecule has 2 aromatic heterocycles. The molecule has 7 nitrogen and oxygen atoms in total. The first-order chi connectivity index (χ1) is 17.4. The normalized spacial score (nSPS) is 14.4. The molecule has 1 saturated heterocycles. The van der Waals surface area contributed by atoms with Crippen LogP contribution in [0.15, 0.2) is 66.7 Å². The van der Waals surface area contributed by atoms with Gasteiger partial charge in [-0.15, -0.1) is 15.3 Å². The zero-order valence-electron chi connectivity index (χ0n) is 19.0. The summed E-state index contributed by atoms with van der Waals surface area (Å²) in [6.07, 6.45) is -3.55. The summed E-state index contributed by atoms with van der Waals surface area (Å²) in [5.41, 5.74) is 2.39. The number of anilines is 2. The molecular weight excluding hydrogens is 469 g/mol. The van der Waals surface area contributed by atoms with Crippen molar-refractivity contribution in [3.63, 3.8) is 0 Å². The predicted molar refractivity (Wildman–Crippen MR) is 128 cm³/mol. The van der Waals surface area contributed by atoms with Crippen molar-refractivity contribution in [1.82, 2.24) is 19.8 Å². The third-order valence-electron chi connectivity index (χ3n) is 5.95. The van der Waals surface area contributed by atoms with Crippen LogP contribution in [0.4, 0.5) is 24.7 Å². The highest BCUT2D eigenvalue weighted by Gasteiger charge is 2.38. The maximum absolute atomic E-state index is 13.2. The highest BCUT2D eigenvalue weighted by molar-refractivity contribution is 5.92. The fourth-order valence-corrected chi connectivity index (χ4v) is 4.08. The van der Waals surface area contributed by atoms with Crippen molar-refractivity contribution in [2.45, 2.75) is 19.0 Å². The molecule has 0 aliphatic carbocycles. The third-order valence-corrected chi connectivity index (χ3v) is 5.95.